The summed E-state index contributed by atoms with van der Waals surface area (Å²) in [6.07, 6.45) is 0.656. The number of para-hydroxylation sites is 1. The first-order valence-electron chi connectivity index (χ1n) is 6.64. The van der Waals surface area contributed by atoms with Gasteiger partial charge < -0.3 is 4.90 Å². The largest absolute Gasteiger partial charge is 0.301 e. The second-order valence-corrected chi connectivity index (χ2v) is 5.84. The Morgan fingerprint density at radius 3 is 2.57 bits per heavy atom. The fourth-order valence-corrected chi connectivity index (χ4v) is 2.95. The summed E-state index contributed by atoms with van der Waals surface area (Å²) < 4.78 is 1.09. The molecule has 21 heavy (non-hydrogen) atoms. The molecule has 3 rings (SSSR count). The maximum Gasteiger partial charge on any atom is 0.150 e. The smallest absolute Gasteiger partial charge is 0.150 e. The van der Waals surface area contributed by atoms with Crippen LogP contribution in [-0.4, -0.2) is 17.4 Å². The van der Waals surface area contributed by atoms with Crippen LogP contribution in [0.5, 0.6) is 0 Å². The lowest BCUT2D eigenvalue weighted by molar-refractivity contribution is 0.734. The Morgan fingerprint density at radius 1 is 1.14 bits per heavy atom. The highest BCUT2D eigenvalue weighted by Gasteiger charge is 2.27. The van der Waals surface area contributed by atoms with Gasteiger partial charge in [0.05, 0.1) is 0 Å². The molecule has 0 aromatic heterocycles. The number of nitrogens with zero attached hydrogens (tertiary/aromatic N) is 2. The molecule has 0 aliphatic carbocycles. The molecule has 1 aliphatic rings. The van der Waals surface area contributed by atoms with Gasteiger partial charge in [-0.3, -0.25) is 5.43 Å². The summed E-state index contributed by atoms with van der Waals surface area (Å²) in [5.74, 6) is 0.958. The molecule has 1 unspecified atom stereocenters. The van der Waals surface area contributed by atoms with E-state index in [1.54, 1.807) is 5.37 Å². The highest BCUT2D eigenvalue weighted by molar-refractivity contribution is 9.10. The van der Waals surface area contributed by atoms with Gasteiger partial charge in [-0.2, -0.15) is 5.10 Å². The Labute approximate surface area is 137 Å². The number of amidine groups is 1. The topological polar surface area (TPSA) is 27.6 Å². The number of rotatable bonds is 4. The van der Waals surface area contributed by atoms with Crippen LogP contribution in [0, 0.1) is 0 Å². The van der Waals surface area contributed by atoms with Gasteiger partial charge in [-0.15, -0.1) is 0 Å². The Balaban J connectivity index is 1.90. The van der Waals surface area contributed by atoms with Gasteiger partial charge in [-0.1, -0.05) is 64.5 Å². The minimum absolute atomic E-state index is 0.0834. The first-order chi connectivity index (χ1) is 10.3. The lowest BCUT2D eigenvalue weighted by Crippen LogP contribution is -2.41. The van der Waals surface area contributed by atoms with Gasteiger partial charge in [-0.05, 0) is 23.8 Å². The van der Waals surface area contributed by atoms with Crippen LogP contribution in [0.15, 0.2) is 64.2 Å². The number of nitrogens with one attached hydrogen (secondary N) is 1. The minimum Gasteiger partial charge on any atom is -0.301 e. The zero-order valence-corrected chi connectivity index (χ0v) is 13.6. The molecule has 2 aromatic carbocycles. The van der Waals surface area contributed by atoms with Crippen molar-refractivity contribution in [1.29, 1.82) is 0 Å². The van der Waals surface area contributed by atoms with Crippen molar-refractivity contribution >= 4 is 45.0 Å². The standard InChI is InChI=1S/C16H14BrN3S/c17-14-9-5-4-6-12(14)10-15-18-19-16(11-21)20(15)13-7-2-1-3-8-13/h1-9,11,16,19H,10H2. The van der Waals surface area contributed by atoms with Crippen molar-refractivity contribution in [3.05, 3.63) is 64.6 Å². The van der Waals surface area contributed by atoms with Crippen molar-refractivity contribution in [2.75, 3.05) is 4.90 Å². The van der Waals surface area contributed by atoms with Gasteiger partial charge in [0.25, 0.3) is 0 Å². The van der Waals surface area contributed by atoms with Gasteiger partial charge in [0.15, 0.2) is 0 Å². The van der Waals surface area contributed by atoms with Crippen LogP contribution in [0.3, 0.4) is 0 Å². The van der Waals surface area contributed by atoms with E-state index in [-0.39, 0.29) is 6.17 Å². The maximum absolute atomic E-state index is 5.12. The number of thiocarbonyl (C=S) groups is 1. The predicted octanol–water partition coefficient (Wildman–Crippen LogP) is 3.74. The number of hydrazone groups is 1. The molecule has 0 saturated carbocycles. The van der Waals surface area contributed by atoms with E-state index < -0.39 is 0 Å². The fourth-order valence-electron chi connectivity index (χ4n) is 2.34. The van der Waals surface area contributed by atoms with Crippen molar-refractivity contribution in [2.45, 2.75) is 12.6 Å². The molecule has 1 heterocycles. The van der Waals surface area contributed by atoms with Crippen molar-refractivity contribution in [3.8, 4) is 0 Å². The molecule has 0 spiro atoms. The third-order valence-corrected chi connectivity index (χ3v) is 4.38. The van der Waals surface area contributed by atoms with Gasteiger partial charge in [0, 0.05) is 21.9 Å². The lowest BCUT2D eigenvalue weighted by atomic mass is 10.1. The van der Waals surface area contributed by atoms with Crippen molar-refractivity contribution < 1.29 is 0 Å². The van der Waals surface area contributed by atoms with Crippen LogP contribution in [-0.2, 0) is 6.42 Å². The second kappa shape index (κ2) is 6.37. The monoisotopic (exact) mass is 359 g/mol. The van der Waals surface area contributed by atoms with E-state index in [1.807, 2.05) is 36.4 Å². The number of hydrogen-bond acceptors (Lipinski definition) is 4. The van der Waals surface area contributed by atoms with Gasteiger partial charge >= 0.3 is 0 Å². The molecule has 1 atom stereocenters. The summed E-state index contributed by atoms with van der Waals surface area (Å²) in [4.78, 5) is 2.13. The van der Waals surface area contributed by atoms with Crippen molar-refractivity contribution in [2.24, 2.45) is 5.10 Å². The van der Waals surface area contributed by atoms with E-state index in [4.69, 9.17) is 12.2 Å². The molecule has 0 saturated heterocycles. The fraction of sp³-hybridized carbons (Fsp3) is 0.125. The SMILES string of the molecule is S=CC1NN=C(Cc2ccccc2Br)N1c1ccccc1. The summed E-state index contributed by atoms with van der Waals surface area (Å²) in [6.45, 7) is 0. The zero-order valence-electron chi connectivity index (χ0n) is 11.2. The van der Waals surface area contributed by atoms with Crippen molar-refractivity contribution in [1.82, 2.24) is 5.43 Å². The van der Waals surface area contributed by atoms with E-state index in [0.717, 1.165) is 22.4 Å². The number of hydrogen-bond donors (Lipinski definition) is 1. The van der Waals surface area contributed by atoms with Crippen LogP contribution in [0.2, 0.25) is 0 Å². The van der Waals surface area contributed by atoms with Crippen LogP contribution in [0.4, 0.5) is 5.69 Å². The van der Waals surface area contributed by atoms with Gasteiger partial charge in [-0.25, -0.2) is 0 Å². The third kappa shape index (κ3) is 2.99. The zero-order chi connectivity index (χ0) is 14.7. The summed E-state index contributed by atoms with van der Waals surface area (Å²) in [5.41, 5.74) is 5.36. The quantitative estimate of drug-likeness (QED) is 0.842. The second-order valence-electron chi connectivity index (χ2n) is 4.71. The highest BCUT2D eigenvalue weighted by atomic mass is 79.9. The normalized spacial score (nSPS) is 17.3. The van der Waals surface area contributed by atoms with E-state index >= 15 is 0 Å². The summed E-state index contributed by atoms with van der Waals surface area (Å²) in [7, 11) is 0. The maximum atomic E-state index is 5.12. The summed E-state index contributed by atoms with van der Waals surface area (Å²) in [5, 5.41) is 6.15. The predicted molar refractivity (Wildman–Crippen MR) is 94.8 cm³/mol. The molecule has 2 aromatic rings. The molecule has 0 fully saturated rings. The van der Waals surface area contributed by atoms with E-state index in [2.05, 4.69) is 49.6 Å². The van der Waals surface area contributed by atoms with Gasteiger partial charge in [0.1, 0.15) is 12.0 Å². The average molecular weight is 360 g/mol. The molecule has 5 heteroatoms. The number of halogens is 1. The molecule has 106 valence electrons. The average Bonchev–Trinajstić information content (AvgIpc) is 2.93. The van der Waals surface area contributed by atoms with Crippen LogP contribution in [0.25, 0.3) is 0 Å². The number of benzene rings is 2. The lowest BCUT2D eigenvalue weighted by Gasteiger charge is -2.24. The molecule has 3 nitrogen and oxygen atoms in total. The van der Waals surface area contributed by atoms with E-state index in [1.165, 1.54) is 5.56 Å². The number of anilines is 1. The Hall–Kier alpha value is -1.72. The first-order valence-corrected chi connectivity index (χ1v) is 7.91. The third-order valence-electron chi connectivity index (χ3n) is 3.35. The van der Waals surface area contributed by atoms with Crippen LogP contribution >= 0.6 is 28.1 Å². The molecule has 0 bridgehead atoms. The first kappa shape index (κ1) is 14.2. The molecule has 0 amide bonds. The Bertz CT molecular complexity index is 672. The van der Waals surface area contributed by atoms with E-state index in [0.29, 0.717) is 0 Å². The molecular formula is C16H14BrN3S. The van der Waals surface area contributed by atoms with Crippen LogP contribution < -0.4 is 10.3 Å². The molecule has 1 aliphatic heterocycles. The van der Waals surface area contributed by atoms with Crippen LogP contribution in [0.1, 0.15) is 5.56 Å². The van der Waals surface area contributed by atoms with Crippen molar-refractivity contribution in [3.63, 3.8) is 0 Å². The summed E-state index contributed by atoms with van der Waals surface area (Å²) >= 11 is 8.71. The van der Waals surface area contributed by atoms with E-state index in [9.17, 15) is 0 Å². The molecule has 0 radical (unpaired) electrons. The highest BCUT2D eigenvalue weighted by Crippen LogP contribution is 2.23. The Kier molecular flexibility index (Phi) is 4.31. The molecule has 1 N–H and O–H groups in total. The minimum atomic E-state index is -0.0834. The van der Waals surface area contributed by atoms with Gasteiger partial charge in [0.2, 0.25) is 0 Å². The summed E-state index contributed by atoms with van der Waals surface area (Å²) in [6, 6.07) is 18.4. The Morgan fingerprint density at radius 2 is 1.86 bits per heavy atom. The molecular weight excluding hydrogens is 346 g/mol.